The van der Waals surface area contributed by atoms with Crippen LogP contribution in [-0.4, -0.2) is 6.71 Å². The molecular formula is C51H45BN2. The number of rotatable bonds is 0. The lowest BCUT2D eigenvalue weighted by Gasteiger charge is -2.68. The van der Waals surface area contributed by atoms with Gasteiger partial charge in [0.2, 0.25) is 0 Å². The van der Waals surface area contributed by atoms with Crippen molar-refractivity contribution in [3.63, 3.8) is 0 Å². The molecule has 0 amide bonds. The van der Waals surface area contributed by atoms with Crippen LogP contribution in [0.15, 0.2) is 103 Å². The maximum absolute atomic E-state index is 2.77. The molecule has 4 heterocycles. The Balaban J connectivity index is 0.999. The zero-order valence-corrected chi connectivity index (χ0v) is 31.0. The van der Waals surface area contributed by atoms with Gasteiger partial charge in [0.1, 0.15) is 0 Å². The van der Waals surface area contributed by atoms with Gasteiger partial charge < -0.3 is 9.80 Å². The predicted octanol–water partition coefficient (Wildman–Crippen LogP) is 9.88. The molecule has 0 radical (unpaired) electrons. The minimum atomic E-state index is 0.127. The van der Waals surface area contributed by atoms with E-state index in [1.54, 1.807) is 44.6 Å². The van der Waals surface area contributed by atoms with Gasteiger partial charge in [-0.1, -0.05) is 78.9 Å². The van der Waals surface area contributed by atoms with Crippen LogP contribution < -0.4 is 26.2 Å². The Kier molecular flexibility index (Phi) is 4.57. The minimum Gasteiger partial charge on any atom is -0.311 e. The van der Waals surface area contributed by atoms with E-state index in [9.17, 15) is 0 Å². The van der Waals surface area contributed by atoms with Crippen molar-refractivity contribution in [2.45, 2.75) is 75.0 Å². The van der Waals surface area contributed by atoms with Gasteiger partial charge in [-0.25, -0.2) is 0 Å². The molecule has 54 heavy (non-hydrogen) atoms. The van der Waals surface area contributed by atoms with Crippen LogP contribution in [0, 0.1) is 52.8 Å². The minimum absolute atomic E-state index is 0.127. The van der Waals surface area contributed by atoms with Gasteiger partial charge in [-0.05, 0) is 180 Å². The Morgan fingerprint density at radius 1 is 0.426 bits per heavy atom. The van der Waals surface area contributed by atoms with Gasteiger partial charge >= 0.3 is 0 Å². The van der Waals surface area contributed by atoms with Crippen molar-refractivity contribution in [3.8, 4) is 0 Å². The van der Waals surface area contributed by atoms with E-state index in [0.29, 0.717) is 5.41 Å². The topological polar surface area (TPSA) is 6.48 Å². The van der Waals surface area contributed by atoms with Gasteiger partial charge in [0.15, 0.2) is 0 Å². The molecule has 0 aromatic heterocycles. The molecular weight excluding hydrogens is 651 g/mol. The van der Waals surface area contributed by atoms with Crippen molar-refractivity contribution in [2.24, 2.45) is 52.8 Å². The van der Waals surface area contributed by atoms with Crippen LogP contribution in [-0.2, 0) is 10.8 Å². The largest absolute Gasteiger partial charge is 0.311 e. The summed E-state index contributed by atoms with van der Waals surface area (Å²) in [5.74, 6) is 6.86. The first-order valence-electron chi connectivity index (χ1n) is 21.9. The quantitative estimate of drug-likeness (QED) is 0.146. The molecule has 7 bridgehead atoms. The van der Waals surface area contributed by atoms with E-state index in [1.165, 1.54) is 92.4 Å². The zero-order valence-electron chi connectivity index (χ0n) is 31.0. The Bertz CT molecular complexity index is 2550. The summed E-state index contributed by atoms with van der Waals surface area (Å²) in [6.45, 7) is 0.237. The van der Waals surface area contributed by atoms with Gasteiger partial charge in [-0.2, -0.15) is 0 Å². The number of benzene rings is 5. The van der Waals surface area contributed by atoms with Crippen molar-refractivity contribution in [2.75, 3.05) is 9.80 Å². The van der Waals surface area contributed by atoms with E-state index in [2.05, 4.69) is 113 Å². The van der Waals surface area contributed by atoms with Crippen molar-refractivity contribution < 1.29 is 0 Å². The molecule has 8 aliphatic carbocycles. The maximum Gasteiger partial charge on any atom is 0.252 e. The fraction of sp³-hybridized carbons (Fsp3) is 0.412. The number of nitrogens with zero attached hydrogens (tertiary/aromatic N) is 2. The van der Waals surface area contributed by atoms with E-state index in [4.69, 9.17) is 0 Å². The third kappa shape index (κ3) is 2.67. The molecule has 4 atom stereocenters. The maximum atomic E-state index is 2.77. The highest BCUT2D eigenvalue weighted by Crippen LogP contribution is 2.85. The molecule has 0 N–H and O–H groups in total. The first-order valence-corrected chi connectivity index (χ1v) is 21.9. The molecule has 2 nitrogen and oxygen atoms in total. The smallest absolute Gasteiger partial charge is 0.252 e. The lowest BCUT2D eigenvalue weighted by atomic mass is 9.31. The van der Waals surface area contributed by atoms with Crippen molar-refractivity contribution >= 4 is 57.2 Å². The third-order valence-electron chi connectivity index (χ3n) is 19.2. The van der Waals surface area contributed by atoms with E-state index < -0.39 is 0 Å². The molecule has 3 heteroatoms. The van der Waals surface area contributed by atoms with Gasteiger partial charge in [-0.15, -0.1) is 0 Å². The molecule has 8 fully saturated rings. The molecule has 12 aliphatic rings. The first kappa shape index (κ1) is 28.2. The predicted molar refractivity (Wildman–Crippen MR) is 219 cm³/mol. The number of para-hydroxylation sites is 4. The highest BCUT2D eigenvalue weighted by molar-refractivity contribution is 7.00. The van der Waals surface area contributed by atoms with E-state index in [1.807, 2.05) is 0 Å². The van der Waals surface area contributed by atoms with Crippen molar-refractivity contribution in [1.29, 1.82) is 0 Å². The van der Waals surface area contributed by atoms with E-state index >= 15 is 0 Å². The SMILES string of the molecule is c1ccc2c(c1)N1c3cccc4c3B(c3cccc(c31)C21C2CC3CC(C2)CC1C3)c1cccc2c1N4c1ccccc1C21C2CC3CC4CC1C2(C3)C4. The lowest BCUT2D eigenvalue weighted by molar-refractivity contribution is -0.0844. The molecule has 3 spiro atoms. The number of hydrogen-bond donors (Lipinski definition) is 0. The number of anilines is 6. The zero-order chi connectivity index (χ0) is 34.4. The molecule has 4 aliphatic heterocycles. The van der Waals surface area contributed by atoms with Crippen LogP contribution in [0.25, 0.3) is 0 Å². The van der Waals surface area contributed by atoms with Crippen LogP contribution in [0.4, 0.5) is 34.1 Å². The Labute approximate surface area is 319 Å². The highest BCUT2D eigenvalue weighted by Gasteiger charge is 2.79. The first-order chi connectivity index (χ1) is 26.7. The molecule has 5 aromatic rings. The molecule has 262 valence electrons. The average Bonchev–Trinajstić information content (AvgIpc) is 3.59. The normalized spacial score (nSPS) is 40.0. The van der Waals surface area contributed by atoms with Gasteiger partial charge in [-0.3, -0.25) is 0 Å². The van der Waals surface area contributed by atoms with Crippen LogP contribution in [0.3, 0.4) is 0 Å². The summed E-state index contributed by atoms with van der Waals surface area (Å²) in [6, 6.07) is 42.2. The van der Waals surface area contributed by atoms with Crippen LogP contribution in [0.5, 0.6) is 0 Å². The Morgan fingerprint density at radius 3 is 1.48 bits per heavy atom. The summed E-state index contributed by atoms with van der Waals surface area (Å²) in [5.41, 5.74) is 21.0. The summed E-state index contributed by atoms with van der Waals surface area (Å²) in [7, 11) is 0. The van der Waals surface area contributed by atoms with Crippen LogP contribution in [0.2, 0.25) is 0 Å². The number of hydrogen-bond acceptors (Lipinski definition) is 2. The van der Waals surface area contributed by atoms with Gasteiger partial charge in [0.25, 0.3) is 6.71 Å². The fourth-order valence-electron chi connectivity index (χ4n) is 18.6. The summed E-state index contributed by atoms with van der Waals surface area (Å²) >= 11 is 0. The Hall–Kier alpha value is -4.24. The molecule has 5 aromatic carbocycles. The Morgan fingerprint density at radius 2 is 0.889 bits per heavy atom. The molecule has 4 unspecified atom stereocenters. The second-order valence-electron chi connectivity index (χ2n) is 20.6. The standard InChI is InChI=1S/C51H45BN2/c1-3-14-40-34(8-1)50(32-20-28-18-29(22-32)23-33(50)21-28)36-10-5-12-38-47(36)53(40)42-16-7-17-43-46(42)52(38)39-13-6-11-37-48(39)54(43)41-15-4-2-9-35(41)51(37)44-24-30-19-31-25-45(51)49(44,26-30)27-31/h1-17,28-33,44-45H,18-27H2. The fourth-order valence-corrected chi connectivity index (χ4v) is 18.6. The third-order valence-corrected chi connectivity index (χ3v) is 19.2. The van der Waals surface area contributed by atoms with Crippen molar-refractivity contribution in [1.82, 2.24) is 0 Å². The average molecular weight is 697 g/mol. The second kappa shape index (κ2) is 8.75. The number of fused-ring (bicyclic) bond motifs is 14. The molecule has 17 rings (SSSR count). The van der Waals surface area contributed by atoms with E-state index in [-0.39, 0.29) is 17.5 Å². The lowest BCUT2D eigenvalue weighted by Crippen LogP contribution is -2.68. The van der Waals surface area contributed by atoms with E-state index in [0.717, 1.165) is 47.3 Å². The van der Waals surface area contributed by atoms with Crippen LogP contribution in [0.1, 0.15) is 86.5 Å². The van der Waals surface area contributed by atoms with Gasteiger partial charge in [0.05, 0.1) is 11.4 Å². The summed E-state index contributed by atoms with van der Waals surface area (Å²) in [4.78, 5) is 5.54. The van der Waals surface area contributed by atoms with Crippen LogP contribution >= 0.6 is 0 Å². The summed E-state index contributed by atoms with van der Waals surface area (Å²) in [6.07, 6.45) is 14.6. The van der Waals surface area contributed by atoms with Gasteiger partial charge in [0, 0.05) is 33.6 Å². The molecule has 0 saturated heterocycles. The summed E-state index contributed by atoms with van der Waals surface area (Å²) < 4.78 is 0. The highest BCUT2D eigenvalue weighted by atomic mass is 15.2. The monoisotopic (exact) mass is 696 g/mol. The second-order valence-corrected chi connectivity index (χ2v) is 20.6. The van der Waals surface area contributed by atoms with Crippen molar-refractivity contribution in [3.05, 3.63) is 125 Å². The molecule has 8 saturated carbocycles. The summed E-state index contributed by atoms with van der Waals surface area (Å²) in [5, 5.41) is 0.